The fraction of sp³-hybridized carbons (Fsp3) is 0.167. The van der Waals surface area contributed by atoms with Crippen molar-refractivity contribution >= 4 is 33.1 Å². The van der Waals surface area contributed by atoms with E-state index in [2.05, 4.69) is 25.1 Å². The summed E-state index contributed by atoms with van der Waals surface area (Å²) in [6.07, 6.45) is 3.07. The van der Waals surface area contributed by atoms with Crippen molar-refractivity contribution in [2.45, 2.75) is 20.0 Å². The molecule has 4 aromatic rings. The lowest BCUT2D eigenvalue weighted by Crippen LogP contribution is -2.10. The number of nitrogen functional groups attached to an aromatic ring is 1. The van der Waals surface area contributed by atoms with Crippen LogP contribution in [0.1, 0.15) is 34.0 Å². The number of hydrogen-bond donors (Lipinski definition) is 3. The van der Waals surface area contributed by atoms with E-state index in [-0.39, 0.29) is 22.7 Å². The van der Waals surface area contributed by atoms with E-state index < -0.39 is 5.91 Å². The minimum Gasteiger partial charge on any atom is -0.455 e. The molecule has 1 atom stereocenters. The number of hydrogen-bond acceptors (Lipinski definition) is 8. The minimum absolute atomic E-state index is 0.150. The van der Waals surface area contributed by atoms with Gasteiger partial charge in [0.1, 0.15) is 21.5 Å². The summed E-state index contributed by atoms with van der Waals surface area (Å²) in [7, 11) is 0. The smallest absolute Gasteiger partial charge is 0.319 e. The Labute approximate surface area is 163 Å². The first-order chi connectivity index (χ1) is 13.4. The number of ether oxygens (including phenoxy) is 1. The molecule has 28 heavy (non-hydrogen) atoms. The molecule has 1 unspecified atom stereocenters. The molecule has 0 bridgehead atoms. The third-order valence-corrected chi connectivity index (χ3v) is 5.31. The normalized spacial score (nSPS) is 12.2. The predicted molar refractivity (Wildman–Crippen MR) is 106 cm³/mol. The number of aromatic nitrogens is 5. The van der Waals surface area contributed by atoms with Gasteiger partial charge in [0.2, 0.25) is 0 Å². The third-order valence-electron chi connectivity index (χ3n) is 4.19. The zero-order valence-electron chi connectivity index (χ0n) is 15.1. The highest BCUT2D eigenvalue weighted by molar-refractivity contribution is 7.21. The van der Waals surface area contributed by atoms with Crippen molar-refractivity contribution in [1.82, 2.24) is 25.1 Å². The van der Waals surface area contributed by atoms with Crippen LogP contribution in [0.5, 0.6) is 6.01 Å². The molecule has 5 N–H and O–H groups in total. The zero-order valence-corrected chi connectivity index (χ0v) is 15.9. The molecule has 0 radical (unpaired) electrons. The van der Waals surface area contributed by atoms with Crippen molar-refractivity contribution in [2.75, 3.05) is 5.73 Å². The SMILES string of the molecule is Cc1cccc(-c2nc(OC(C)c3cn[nH]c3)nc3sc(C(N)=O)c(N)c23)n1. The van der Waals surface area contributed by atoms with E-state index in [1.807, 2.05) is 32.0 Å². The van der Waals surface area contributed by atoms with Crippen molar-refractivity contribution in [2.24, 2.45) is 5.73 Å². The largest absolute Gasteiger partial charge is 0.455 e. The van der Waals surface area contributed by atoms with Crippen molar-refractivity contribution < 1.29 is 9.53 Å². The monoisotopic (exact) mass is 395 g/mol. The Balaban J connectivity index is 1.89. The Morgan fingerprint density at radius 1 is 1.29 bits per heavy atom. The van der Waals surface area contributed by atoms with Gasteiger partial charge in [0.25, 0.3) is 5.91 Å². The number of H-pyrrole nitrogens is 1. The lowest BCUT2D eigenvalue weighted by Gasteiger charge is -2.12. The van der Waals surface area contributed by atoms with E-state index in [1.165, 1.54) is 0 Å². The fourth-order valence-corrected chi connectivity index (χ4v) is 3.75. The first-order valence-electron chi connectivity index (χ1n) is 8.43. The number of fused-ring (bicyclic) bond motifs is 1. The van der Waals surface area contributed by atoms with Gasteiger partial charge in [-0.25, -0.2) is 0 Å². The Hall–Kier alpha value is -3.53. The Bertz CT molecular complexity index is 1170. The molecule has 142 valence electrons. The molecule has 0 saturated carbocycles. The quantitative estimate of drug-likeness (QED) is 0.471. The molecule has 4 rings (SSSR count). The van der Waals surface area contributed by atoms with Gasteiger partial charge in [-0.15, -0.1) is 11.3 Å². The number of nitrogens with two attached hydrogens (primary N) is 2. The number of anilines is 1. The molecule has 0 aliphatic rings. The lowest BCUT2D eigenvalue weighted by molar-refractivity contribution is 0.100. The summed E-state index contributed by atoms with van der Waals surface area (Å²) in [4.78, 5) is 26.0. The van der Waals surface area contributed by atoms with E-state index in [1.54, 1.807) is 12.4 Å². The molecule has 0 aliphatic carbocycles. The van der Waals surface area contributed by atoms with Crippen molar-refractivity contribution in [3.05, 3.63) is 46.7 Å². The van der Waals surface area contributed by atoms with Crippen LogP contribution in [0.25, 0.3) is 21.6 Å². The van der Waals surface area contributed by atoms with Crippen LogP contribution in [0.2, 0.25) is 0 Å². The number of amides is 1. The number of primary amides is 1. The van der Waals surface area contributed by atoms with Crippen LogP contribution in [-0.2, 0) is 0 Å². The van der Waals surface area contributed by atoms with Crippen LogP contribution in [0.3, 0.4) is 0 Å². The summed E-state index contributed by atoms with van der Waals surface area (Å²) < 4.78 is 5.91. The van der Waals surface area contributed by atoms with Crippen molar-refractivity contribution in [1.29, 1.82) is 0 Å². The Morgan fingerprint density at radius 2 is 2.11 bits per heavy atom. The van der Waals surface area contributed by atoms with Crippen LogP contribution in [0.4, 0.5) is 5.69 Å². The van der Waals surface area contributed by atoms with Crippen LogP contribution in [0, 0.1) is 6.92 Å². The predicted octanol–water partition coefficient (Wildman–Crippen LogP) is 2.61. The van der Waals surface area contributed by atoms with Crippen molar-refractivity contribution in [3.8, 4) is 17.4 Å². The molecule has 0 aliphatic heterocycles. The molecule has 0 aromatic carbocycles. The van der Waals surface area contributed by atoms with Gasteiger partial charge in [-0.1, -0.05) is 6.07 Å². The first-order valence-corrected chi connectivity index (χ1v) is 9.25. The van der Waals surface area contributed by atoms with Gasteiger partial charge in [0.05, 0.1) is 23.0 Å². The number of pyridine rings is 1. The number of carbonyl (C=O) groups excluding carboxylic acids is 1. The summed E-state index contributed by atoms with van der Waals surface area (Å²) in [5.41, 5.74) is 14.7. The molecule has 10 heteroatoms. The summed E-state index contributed by atoms with van der Waals surface area (Å²) >= 11 is 1.11. The Morgan fingerprint density at radius 3 is 2.79 bits per heavy atom. The van der Waals surface area contributed by atoms with E-state index >= 15 is 0 Å². The van der Waals surface area contributed by atoms with Crippen LogP contribution in [-0.4, -0.2) is 31.1 Å². The van der Waals surface area contributed by atoms with Crippen LogP contribution in [0.15, 0.2) is 30.6 Å². The molecule has 4 aromatic heterocycles. The molecule has 9 nitrogen and oxygen atoms in total. The molecule has 0 spiro atoms. The number of thiophene rings is 1. The average molecular weight is 395 g/mol. The summed E-state index contributed by atoms with van der Waals surface area (Å²) in [5.74, 6) is -0.613. The van der Waals surface area contributed by atoms with Gasteiger partial charge < -0.3 is 16.2 Å². The second-order valence-corrected chi connectivity index (χ2v) is 7.20. The average Bonchev–Trinajstić information content (AvgIpc) is 3.30. The molecule has 0 saturated heterocycles. The van der Waals surface area contributed by atoms with Gasteiger partial charge in [-0.05, 0) is 26.0 Å². The second kappa shape index (κ2) is 6.89. The second-order valence-electron chi connectivity index (χ2n) is 6.20. The highest BCUT2D eigenvalue weighted by Gasteiger charge is 2.23. The number of nitrogens with one attached hydrogen (secondary N) is 1. The first kappa shape index (κ1) is 17.9. The van der Waals surface area contributed by atoms with Gasteiger partial charge in [-0.3, -0.25) is 14.9 Å². The van der Waals surface area contributed by atoms with E-state index in [0.29, 0.717) is 21.6 Å². The summed E-state index contributed by atoms with van der Waals surface area (Å²) in [5, 5.41) is 7.21. The molecule has 0 fully saturated rings. The third kappa shape index (κ3) is 3.14. The lowest BCUT2D eigenvalue weighted by atomic mass is 10.1. The van der Waals surface area contributed by atoms with Crippen molar-refractivity contribution in [3.63, 3.8) is 0 Å². The number of aromatic amines is 1. The summed E-state index contributed by atoms with van der Waals surface area (Å²) in [6, 6.07) is 5.72. The maximum absolute atomic E-state index is 11.8. The van der Waals surface area contributed by atoms with E-state index in [0.717, 1.165) is 22.6 Å². The van der Waals surface area contributed by atoms with E-state index in [4.69, 9.17) is 16.2 Å². The fourth-order valence-electron chi connectivity index (χ4n) is 2.81. The number of carbonyl (C=O) groups is 1. The number of rotatable bonds is 5. The number of nitrogens with zero attached hydrogens (tertiary/aromatic N) is 4. The van der Waals surface area contributed by atoms with Crippen LogP contribution < -0.4 is 16.2 Å². The topological polar surface area (TPSA) is 146 Å². The summed E-state index contributed by atoms with van der Waals surface area (Å²) in [6.45, 7) is 3.74. The van der Waals surface area contributed by atoms with Crippen LogP contribution >= 0.6 is 11.3 Å². The maximum atomic E-state index is 11.8. The van der Waals surface area contributed by atoms with E-state index in [9.17, 15) is 4.79 Å². The highest BCUT2D eigenvalue weighted by atomic mass is 32.1. The van der Waals surface area contributed by atoms with Gasteiger partial charge in [-0.2, -0.15) is 15.1 Å². The molecule has 1 amide bonds. The zero-order chi connectivity index (χ0) is 19.8. The van der Waals surface area contributed by atoms with Gasteiger partial charge >= 0.3 is 6.01 Å². The number of aryl methyl sites for hydroxylation is 1. The standard InChI is InChI=1S/C18H17N7O2S/c1-8-4-3-5-11(23-8)14-12-13(19)15(16(20)26)28-17(12)25-18(24-14)27-9(2)10-6-21-22-7-10/h3-7,9H,19H2,1-2H3,(H2,20,26)(H,21,22). The highest BCUT2D eigenvalue weighted by Crippen LogP contribution is 2.39. The maximum Gasteiger partial charge on any atom is 0.319 e. The molecular weight excluding hydrogens is 378 g/mol. The molecular formula is C18H17N7O2S. The minimum atomic E-state index is -0.613. The van der Waals surface area contributed by atoms with Gasteiger partial charge in [0, 0.05) is 17.5 Å². The molecule has 4 heterocycles. The van der Waals surface area contributed by atoms with Gasteiger partial charge in [0.15, 0.2) is 0 Å². The Kier molecular flexibility index (Phi) is 4.40.